The summed E-state index contributed by atoms with van der Waals surface area (Å²) in [5.41, 5.74) is 2.23. The SMILES string of the molecule is CN(C(=O)COC(=O)c1ccc(S(=O)(=O)N2CCc3ccccc3C2)cc1)C1CCS(=O)(=O)C1. The fourth-order valence-electron chi connectivity index (χ4n) is 4.18. The van der Waals surface area contributed by atoms with Crippen molar-refractivity contribution in [3.8, 4) is 0 Å². The first-order valence-electron chi connectivity index (χ1n) is 10.9. The molecule has 1 unspecified atom stereocenters. The second-order valence-corrected chi connectivity index (χ2v) is 12.7. The molecule has 1 saturated heterocycles. The lowest BCUT2D eigenvalue weighted by Crippen LogP contribution is -2.40. The van der Waals surface area contributed by atoms with Gasteiger partial charge in [0, 0.05) is 26.2 Å². The molecular formula is C23H26N2O7S2. The Bertz CT molecular complexity index is 1310. The zero-order valence-electron chi connectivity index (χ0n) is 18.7. The van der Waals surface area contributed by atoms with Crippen molar-refractivity contribution in [1.29, 1.82) is 0 Å². The van der Waals surface area contributed by atoms with Gasteiger partial charge in [0.05, 0.1) is 22.0 Å². The molecule has 0 radical (unpaired) electrons. The number of rotatable bonds is 6. The smallest absolute Gasteiger partial charge is 0.338 e. The van der Waals surface area contributed by atoms with E-state index in [1.165, 1.54) is 40.5 Å². The second kappa shape index (κ2) is 9.47. The number of carbonyl (C=O) groups is 2. The highest BCUT2D eigenvalue weighted by atomic mass is 32.2. The number of sulfonamides is 1. The van der Waals surface area contributed by atoms with Crippen molar-refractivity contribution in [2.75, 3.05) is 31.7 Å². The van der Waals surface area contributed by atoms with E-state index in [0.717, 1.165) is 11.1 Å². The molecule has 9 nitrogen and oxygen atoms in total. The zero-order chi connectivity index (χ0) is 24.5. The van der Waals surface area contributed by atoms with Gasteiger partial charge in [-0.15, -0.1) is 0 Å². The number of benzene rings is 2. The third kappa shape index (κ3) is 5.16. The Morgan fingerprint density at radius 1 is 1.09 bits per heavy atom. The Labute approximate surface area is 199 Å². The molecule has 34 heavy (non-hydrogen) atoms. The Kier molecular flexibility index (Phi) is 6.79. The lowest BCUT2D eigenvalue weighted by Gasteiger charge is -2.28. The number of amides is 1. The highest BCUT2D eigenvalue weighted by Crippen LogP contribution is 2.25. The Morgan fingerprint density at radius 3 is 2.41 bits per heavy atom. The van der Waals surface area contributed by atoms with Crippen LogP contribution >= 0.6 is 0 Å². The number of carbonyl (C=O) groups excluding carboxylic acids is 2. The molecule has 2 aliphatic heterocycles. The van der Waals surface area contributed by atoms with E-state index in [1.807, 2.05) is 24.3 Å². The van der Waals surface area contributed by atoms with E-state index in [9.17, 15) is 26.4 Å². The number of hydrogen-bond acceptors (Lipinski definition) is 7. The molecule has 182 valence electrons. The maximum Gasteiger partial charge on any atom is 0.338 e. The van der Waals surface area contributed by atoms with Gasteiger partial charge in [-0.05, 0) is 48.2 Å². The molecule has 0 aliphatic carbocycles. The highest BCUT2D eigenvalue weighted by Gasteiger charge is 2.33. The largest absolute Gasteiger partial charge is 0.452 e. The summed E-state index contributed by atoms with van der Waals surface area (Å²) in [6, 6.07) is 12.7. The van der Waals surface area contributed by atoms with Crippen LogP contribution in [0.5, 0.6) is 0 Å². The van der Waals surface area contributed by atoms with E-state index < -0.39 is 44.4 Å². The van der Waals surface area contributed by atoms with Crippen LogP contribution in [0.15, 0.2) is 53.4 Å². The molecule has 4 rings (SSSR count). The Morgan fingerprint density at radius 2 is 1.76 bits per heavy atom. The first-order valence-corrected chi connectivity index (χ1v) is 14.1. The monoisotopic (exact) mass is 506 g/mol. The molecule has 1 amide bonds. The van der Waals surface area contributed by atoms with Gasteiger partial charge in [0.15, 0.2) is 16.4 Å². The Balaban J connectivity index is 1.36. The lowest BCUT2D eigenvalue weighted by atomic mass is 10.0. The van der Waals surface area contributed by atoms with E-state index in [1.54, 1.807) is 0 Å². The summed E-state index contributed by atoms with van der Waals surface area (Å²) in [5.74, 6) is -1.33. The summed E-state index contributed by atoms with van der Waals surface area (Å²) in [6.07, 6.45) is 0.992. The van der Waals surface area contributed by atoms with E-state index >= 15 is 0 Å². The van der Waals surface area contributed by atoms with Crippen LogP contribution in [0.25, 0.3) is 0 Å². The third-order valence-corrected chi connectivity index (χ3v) is 9.91. The average Bonchev–Trinajstić information content (AvgIpc) is 3.21. The molecule has 1 fully saturated rings. The summed E-state index contributed by atoms with van der Waals surface area (Å²) in [7, 11) is -5.39. The van der Waals surface area contributed by atoms with Crippen LogP contribution in [0.3, 0.4) is 0 Å². The van der Waals surface area contributed by atoms with Crippen LogP contribution in [0.1, 0.15) is 27.9 Å². The quantitative estimate of drug-likeness (QED) is 0.541. The van der Waals surface area contributed by atoms with Crippen LogP contribution in [-0.2, 0) is 42.4 Å². The van der Waals surface area contributed by atoms with Crippen LogP contribution < -0.4 is 0 Å². The third-order valence-electron chi connectivity index (χ3n) is 6.30. The number of esters is 1. The first kappa shape index (κ1) is 24.4. The molecule has 0 N–H and O–H groups in total. The molecule has 0 spiro atoms. The molecule has 0 bridgehead atoms. The summed E-state index contributed by atoms with van der Waals surface area (Å²) in [5, 5.41) is 0. The fourth-order valence-corrected chi connectivity index (χ4v) is 7.38. The highest BCUT2D eigenvalue weighted by molar-refractivity contribution is 7.91. The van der Waals surface area contributed by atoms with E-state index in [0.29, 0.717) is 25.9 Å². The Hall–Kier alpha value is -2.76. The van der Waals surface area contributed by atoms with Crippen LogP contribution in [0.4, 0.5) is 0 Å². The molecule has 2 heterocycles. The van der Waals surface area contributed by atoms with Crippen LogP contribution in [0, 0.1) is 0 Å². The van der Waals surface area contributed by atoms with Gasteiger partial charge in [0.1, 0.15) is 0 Å². The maximum atomic E-state index is 13.1. The van der Waals surface area contributed by atoms with Crippen LogP contribution in [-0.4, -0.2) is 75.7 Å². The summed E-state index contributed by atoms with van der Waals surface area (Å²) < 4.78 is 55.8. The minimum Gasteiger partial charge on any atom is -0.452 e. The van der Waals surface area contributed by atoms with Crippen molar-refractivity contribution in [3.63, 3.8) is 0 Å². The van der Waals surface area contributed by atoms with Gasteiger partial charge >= 0.3 is 5.97 Å². The minimum atomic E-state index is -3.73. The van der Waals surface area contributed by atoms with Gasteiger partial charge in [0.2, 0.25) is 10.0 Å². The second-order valence-electron chi connectivity index (χ2n) is 8.52. The molecule has 11 heteroatoms. The van der Waals surface area contributed by atoms with E-state index in [-0.39, 0.29) is 22.0 Å². The fraction of sp³-hybridized carbons (Fsp3) is 0.391. The number of hydrogen-bond donors (Lipinski definition) is 0. The van der Waals surface area contributed by atoms with Gasteiger partial charge in [0.25, 0.3) is 5.91 Å². The van der Waals surface area contributed by atoms with Gasteiger partial charge in [-0.25, -0.2) is 21.6 Å². The summed E-state index contributed by atoms with van der Waals surface area (Å²) in [6.45, 7) is 0.139. The molecule has 2 aromatic carbocycles. The number of ether oxygens (including phenoxy) is 1. The molecule has 0 aromatic heterocycles. The van der Waals surface area contributed by atoms with Gasteiger partial charge < -0.3 is 9.64 Å². The standard InChI is InChI=1S/C23H26N2O7S2/c1-24(20-11-13-33(28,29)16-20)22(26)15-32-23(27)18-6-8-21(9-7-18)34(30,31)25-12-10-17-4-2-3-5-19(17)14-25/h2-9,20H,10-16H2,1H3. The minimum absolute atomic E-state index is 0.0360. The van der Waals surface area contributed by atoms with Gasteiger partial charge in [-0.1, -0.05) is 24.3 Å². The van der Waals surface area contributed by atoms with Crippen LogP contribution in [0.2, 0.25) is 0 Å². The molecular weight excluding hydrogens is 480 g/mol. The van der Waals surface area contributed by atoms with Crippen molar-refractivity contribution < 1.29 is 31.2 Å². The predicted octanol–water partition coefficient (Wildman–Crippen LogP) is 1.24. The van der Waals surface area contributed by atoms with Crippen molar-refractivity contribution >= 4 is 31.7 Å². The predicted molar refractivity (Wildman–Crippen MR) is 124 cm³/mol. The van der Waals surface area contributed by atoms with Crippen molar-refractivity contribution in [1.82, 2.24) is 9.21 Å². The zero-order valence-corrected chi connectivity index (χ0v) is 20.3. The molecule has 1 atom stereocenters. The van der Waals surface area contributed by atoms with Gasteiger partial charge in [-0.3, -0.25) is 4.79 Å². The topological polar surface area (TPSA) is 118 Å². The number of fused-ring (bicyclic) bond motifs is 1. The van der Waals surface area contributed by atoms with Crippen molar-refractivity contribution in [2.24, 2.45) is 0 Å². The average molecular weight is 507 g/mol. The van der Waals surface area contributed by atoms with Gasteiger partial charge in [-0.2, -0.15) is 4.31 Å². The normalized spacial score (nSPS) is 19.9. The van der Waals surface area contributed by atoms with E-state index in [2.05, 4.69) is 0 Å². The van der Waals surface area contributed by atoms with E-state index in [4.69, 9.17) is 4.74 Å². The molecule has 0 saturated carbocycles. The number of likely N-dealkylation sites (N-methyl/N-ethyl adjacent to an activating group) is 1. The summed E-state index contributed by atoms with van der Waals surface area (Å²) >= 11 is 0. The first-order chi connectivity index (χ1) is 16.1. The number of sulfone groups is 1. The number of nitrogens with zero attached hydrogens (tertiary/aromatic N) is 2. The molecule has 2 aliphatic rings. The lowest BCUT2D eigenvalue weighted by molar-refractivity contribution is -0.134. The maximum absolute atomic E-state index is 13.1. The van der Waals surface area contributed by atoms with Crippen molar-refractivity contribution in [2.45, 2.75) is 30.3 Å². The van der Waals surface area contributed by atoms with Crippen molar-refractivity contribution in [3.05, 3.63) is 65.2 Å². The molecule has 2 aromatic rings. The summed E-state index contributed by atoms with van der Waals surface area (Å²) in [4.78, 5) is 26.0.